The van der Waals surface area contributed by atoms with Crippen molar-refractivity contribution in [2.45, 2.75) is 19.4 Å². The third-order valence-electron chi connectivity index (χ3n) is 2.28. The molecule has 1 fully saturated rings. The lowest BCUT2D eigenvalue weighted by Gasteiger charge is -2.21. The van der Waals surface area contributed by atoms with E-state index in [1.807, 2.05) is 0 Å². The fraction of sp³-hybridized carbons (Fsp3) is 0.700. The molecule has 6 radical (unpaired) electrons. The fourth-order valence-electron chi connectivity index (χ4n) is 1.35. The van der Waals surface area contributed by atoms with Gasteiger partial charge in [0.15, 0.2) is 0 Å². The highest BCUT2D eigenvalue weighted by Gasteiger charge is 2.33. The Hall–Kier alpha value is -0.0400. The van der Waals surface area contributed by atoms with E-state index in [9.17, 15) is 0 Å². The molecule has 1 heterocycles. The Labute approximate surface area is 70.1 Å². The lowest BCUT2D eigenvalue weighted by Crippen LogP contribution is -2.24. The minimum atomic E-state index is -0.116. The van der Waals surface area contributed by atoms with Gasteiger partial charge in [0.1, 0.15) is 0 Å². The number of hydrogen-bond donors (Lipinski definition) is 0. The molecule has 0 aromatic carbocycles. The van der Waals surface area contributed by atoms with Crippen LogP contribution in [-0.2, 0) is 4.74 Å². The highest BCUT2D eigenvalue weighted by molar-refractivity contribution is 4.88. The van der Waals surface area contributed by atoms with Crippen LogP contribution >= 0.6 is 0 Å². The number of hydrogen-bond acceptors (Lipinski definition) is 1. The van der Waals surface area contributed by atoms with Crippen LogP contribution in [0.25, 0.3) is 0 Å². The summed E-state index contributed by atoms with van der Waals surface area (Å²) in [7, 11) is 0. The molecule has 0 bridgehead atoms. The van der Waals surface area contributed by atoms with E-state index < -0.39 is 0 Å². The van der Waals surface area contributed by atoms with Gasteiger partial charge in [0.2, 0.25) is 0 Å². The van der Waals surface area contributed by atoms with Crippen molar-refractivity contribution in [2.24, 2.45) is 17.8 Å². The van der Waals surface area contributed by atoms with E-state index in [-0.39, 0.29) is 17.9 Å². The normalized spacial score (nSPS) is 40.9. The molecule has 0 N–H and O–H groups in total. The summed E-state index contributed by atoms with van der Waals surface area (Å²) in [6.45, 7) is 19.7. The van der Waals surface area contributed by atoms with Crippen LogP contribution in [0.4, 0.5) is 0 Å². The molecule has 0 aromatic heterocycles. The average Bonchev–Trinajstić information content (AvgIpc) is 2.32. The van der Waals surface area contributed by atoms with Crippen molar-refractivity contribution < 1.29 is 4.74 Å². The van der Waals surface area contributed by atoms with Crippen molar-refractivity contribution in [3.05, 3.63) is 20.8 Å². The van der Waals surface area contributed by atoms with Crippen LogP contribution in [0.2, 0.25) is 0 Å². The highest BCUT2D eigenvalue weighted by Crippen LogP contribution is 2.31. The Morgan fingerprint density at radius 2 is 2.27 bits per heavy atom. The van der Waals surface area contributed by atoms with Gasteiger partial charge in [-0.1, -0.05) is 6.92 Å². The molecule has 0 saturated carbocycles. The smallest absolute Gasteiger partial charge is 0.0640 e. The highest BCUT2D eigenvalue weighted by atomic mass is 16.5. The van der Waals surface area contributed by atoms with Crippen LogP contribution in [-0.4, -0.2) is 12.7 Å². The average molecular weight is 150 g/mol. The van der Waals surface area contributed by atoms with Gasteiger partial charge < -0.3 is 4.74 Å². The van der Waals surface area contributed by atoms with Gasteiger partial charge in [-0.3, -0.25) is 0 Å². The van der Waals surface area contributed by atoms with Gasteiger partial charge in [0.25, 0.3) is 0 Å². The predicted octanol–water partition coefficient (Wildman–Crippen LogP) is 1.78. The summed E-state index contributed by atoms with van der Waals surface area (Å²) >= 11 is 0. The predicted molar refractivity (Wildman–Crippen MR) is 43.4 cm³/mol. The second-order valence-corrected chi connectivity index (χ2v) is 3.25. The zero-order chi connectivity index (χ0) is 8.43. The summed E-state index contributed by atoms with van der Waals surface area (Å²) in [5.74, 6) is 0.334. The zero-order valence-corrected chi connectivity index (χ0v) is 6.86. The van der Waals surface area contributed by atoms with Crippen LogP contribution in [0.15, 0.2) is 0 Å². The molecule has 1 saturated heterocycles. The summed E-state index contributed by atoms with van der Waals surface area (Å²) in [5, 5.41) is 0. The molecule has 1 nitrogen and oxygen atoms in total. The lowest BCUT2D eigenvalue weighted by atomic mass is 9.87. The first-order chi connectivity index (χ1) is 5.16. The Kier molecular flexibility index (Phi) is 2.94. The van der Waals surface area contributed by atoms with Gasteiger partial charge in [0, 0.05) is 6.61 Å². The molecule has 60 valence electrons. The third-order valence-corrected chi connectivity index (χ3v) is 2.28. The van der Waals surface area contributed by atoms with E-state index in [1.165, 1.54) is 0 Å². The molecule has 1 aliphatic rings. The second kappa shape index (κ2) is 3.57. The van der Waals surface area contributed by atoms with Crippen molar-refractivity contribution in [1.82, 2.24) is 0 Å². The first kappa shape index (κ1) is 9.05. The van der Waals surface area contributed by atoms with Crippen LogP contribution < -0.4 is 0 Å². The fourth-order valence-corrected chi connectivity index (χ4v) is 1.35. The first-order valence-corrected chi connectivity index (χ1v) is 3.99. The maximum absolute atomic E-state index is 5.84. The Morgan fingerprint density at radius 1 is 1.64 bits per heavy atom. The third kappa shape index (κ3) is 1.76. The van der Waals surface area contributed by atoms with E-state index in [4.69, 9.17) is 25.5 Å². The molecule has 1 unspecified atom stereocenters. The van der Waals surface area contributed by atoms with Gasteiger partial charge >= 0.3 is 0 Å². The minimum absolute atomic E-state index is 0.0463. The van der Waals surface area contributed by atoms with E-state index >= 15 is 0 Å². The van der Waals surface area contributed by atoms with Crippen molar-refractivity contribution in [3.63, 3.8) is 0 Å². The Balaban J connectivity index is 2.47. The standard InChI is InChI=1S/C10H14O/c1-5-7(2)10-9(4)8(3)6-11-10/h1-2,4,7-10H,5-6H2,3H3/t7?,8-,9+,10-/m1/s1. The molecule has 11 heavy (non-hydrogen) atoms. The number of ether oxygens (including phenoxy) is 1. The van der Waals surface area contributed by atoms with Crippen molar-refractivity contribution in [2.75, 3.05) is 6.61 Å². The van der Waals surface area contributed by atoms with Crippen molar-refractivity contribution in [1.29, 1.82) is 0 Å². The summed E-state index contributed by atoms with van der Waals surface area (Å²) in [6.07, 6.45) is 0.389. The van der Waals surface area contributed by atoms with E-state index in [0.717, 1.165) is 0 Å². The second-order valence-electron chi connectivity index (χ2n) is 3.25. The molecular weight excluding hydrogens is 136 g/mol. The maximum Gasteiger partial charge on any atom is 0.0640 e. The molecule has 0 amide bonds. The van der Waals surface area contributed by atoms with Gasteiger partial charge in [0.05, 0.1) is 6.10 Å². The molecule has 1 rings (SSSR count). The van der Waals surface area contributed by atoms with Crippen molar-refractivity contribution in [3.8, 4) is 0 Å². The summed E-state index contributed by atoms with van der Waals surface area (Å²) in [6, 6.07) is 0. The molecule has 4 atom stereocenters. The van der Waals surface area contributed by atoms with Crippen molar-refractivity contribution >= 4 is 0 Å². The maximum atomic E-state index is 5.84. The minimum Gasteiger partial charge on any atom is -0.377 e. The van der Waals surface area contributed by atoms with Gasteiger partial charge in [-0.15, -0.1) is 0 Å². The van der Waals surface area contributed by atoms with E-state index in [2.05, 4.69) is 6.92 Å². The SMILES string of the molecule is [CH]CC([CH])[C@H]1OC[C@@H](C)[C@@H]1[CH]. The number of rotatable bonds is 2. The summed E-state index contributed by atoms with van der Waals surface area (Å²) < 4.78 is 5.40. The van der Waals surface area contributed by atoms with Gasteiger partial charge in [-0.25, -0.2) is 0 Å². The van der Waals surface area contributed by atoms with Crippen LogP contribution in [0, 0.1) is 38.5 Å². The van der Waals surface area contributed by atoms with Crippen LogP contribution in [0.3, 0.4) is 0 Å². The van der Waals surface area contributed by atoms with Crippen LogP contribution in [0.5, 0.6) is 0 Å². The molecule has 1 heteroatoms. The summed E-state index contributed by atoms with van der Waals surface area (Å²) in [5.41, 5.74) is 0. The van der Waals surface area contributed by atoms with E-state index in [1.54, 1.807) is 0 Å². The molecule has 1 aliphatic heterocycles. The molecular formula is C10H14O. The quantitative estimate of drug-likeness (QED) is 0.583. The van der Waals surface area contributed by atoms with Gasteiger partial charge in [-0.2, -0.15) is 0 Å². The zero-order valence-electron chi connectivity index (χ0n) is 6.86. The lowest BCUT2D eigenvalue weighted by molar-refractivity contribution is 0.0648. The van der Waals surface area contributed by atoms with Gasteiger partial charge in [-0.05, 0) is 44.9 Å². The van der Waals surface area contributed by atoms with Crippen LogP contribution in [0.1, 0.15) is 13.3 Å². The molecule has 0 aliphatic carbocycles. The van der Waals surface area contributed by atoms with E-state index in [0.29, 0.717) is 18.9 Å². The monoisotopic (exact) mass is 150 g/mol. The Morgan fingerprint density at radius 3 is 2.64 bits per heavy atom. The summed E-state index contributed by atoms with van der Waals surface area (Å²) in [4.78, 5) is 0. The molecule has 0 spiro atoms. The molecule has 0 aromatic rings. The first-order valence-electron chi connectivity index (χ1n) is 3.99. The largest absolute Gasteiger partial charge is 0.377 e. The topological polar surface area (TPSA) is 9.23 Å². The Bertz CT molecular complexity index is 122.